The van der Waals surface area contributed by atoms with E-state index in [1.807, 2.05) is 12.1 Å². The molecule has 2 saturated heterocycles. The van der Waals surface area contributed by atoms with Crippen molar-refractivity contribution in [2.45, 2.75) is 37.8 Å². The van der Waals surface area contributed by atoms with E-state index in [4.69, 9.17) is 21.1 Å². The Morgan fingerprint density at radius 2 is 1.84 bits per heavy atom. The molecule has 0 spiro atoms. The summed E-state index contributed by atoms with van der Waals surface area (Å²) in [5, 5.41) is 11.6. The lowest BCUT2D eigenvalue weighted by Gasteiger charge is -2.33. The number of halogens is 1. The Kier molecular flexibility index (Phi) is 6.10. The number of hydrogen-bond acceptors (Lipinski definition) is 5. The number of methoxy groups -OCH3 is 2. The van der Waals surface area contributed by atoms with E-state index in [0.29, 0.717) is 29.6 Å². The van der Waals surface area contributed by atoms with Gasteiger partial charge in [0, 0.05) is 26.2 Å². The lowest BCUT2D eigenvalue weighted by Crippen LogP contribution is -2.46. The van der Waals surface area contributed by atoms with Crippen molar-refractivity contribution in [1.29, 1.82) is 0 Å². The smallest absolute Gasteiger partial charge is 0.179 e. The first-order valence-electron chi connectivity index (χ1n) is 9.11. The zero-order valence-corrected chi connectivity index (χ0v) is 16.0. The molecule has 25 heavy (non-hydrogen) atoms. The molecule has 0 saturated carbocycles. The van der Waals surface area contributed by atoms with Gasteiger partial charge >= 0.3 is 0 Å². The van der Waals surface area contributed by atoms with Crippen LogP contribution in [-0.2, 0) is 6.54 Å². The van der Waals surface area contributed by atoms with Crippen molar-refractivity contribution in [2.24, 2.45) is 0 Å². The van der Waals surface area contributed by atoms with Gasteiger partial charge in [0.15, 0.2) is 11.5 Å². The largest absolute Gasteiger partial charge is 0.493 e. The number of rotatable bonds is 6. The molecule has 5 nitrogen and oxygen atoms in total. The first-order valence-corrected chi connectivity index (χ1v) is 9.49. The Hall–Kier alpha value is -1.01. The predicted molar refractivity (Wildman–Crippen MR) is 99.7 cm³/mol. The lowest BCUT2D eigenvalue weighted by molar-refractivity contribution is 0.00635. The first-order chi connectivity index (χ1) is 12.0. The molecule has 6 heteroatoms. The van der Waals surface area contributed by atoms with Crippen LogP contribution in [0, 0.1) is 0 Å². The normalized spacial score (nSPS) is 25.3. The van der Waals surface area contributed by atoms with Gasteiger partial charge in [-0.1, -0.05) is 24.1 Å². The molecule has 1 atom stereocenters. The third-order valence-corrected chi connectivity index (χ3v) is 5.75. The van der Waals surface area contributed by atoms with Gasteiger partial charge in [-0.05, 0) is 44.0 Å². The lowest BCUT2D eigenvalue weighted by atomic mass is 10.0. The molecule has 1 aromatic rings. The average molecular weight is 369 g/mol. The van der Waals surface area contributed by atoms with Crippen LogP contribution in [0.5, 0.6) is 11.5 Å². The molecule has 0 amide bonds. The van der Waals surface area contributed by atoms with Gasteiger partial charge in [-0.2, -0.15) is 0 Å². The average Bonchev–Trinajstić information content (AvgIpc) is 2.97. The fraction of sp³-hybridized carbons (Fsp3) is 0.684. The summed E-state index contributed by atoms with van der Waals surface area (Å²) in [5.74, 6) is 1.21. The molecule has 0 aromatic heterocycles. The van der Waals surface area contributed by atoms with Crippen LogP contribution in [0.2, 0.25) is 5.02 Å². The third-order valence-electron chi connectivity index (χ3n) is 5.34. The van der Waals surface area contributed by atoms with Gasteiger partial charge in [0.2, 0.25) is 0 Å². The molecule has 140 valence electrons. The van der Waals surface area contributed by atoms with Crippen molar-refractivity contribution < 1.29 is 14.6 Å². The van der Waals surface area contributed by atoms with Gasteiger partial charge in [-0.3, -0.25) is 4.90 Å². The summed E-state index contributed by atoms with van der Waals surface area (Å²) in [4.78, 5) is 4.69. The molecule has 2 fully saturated rings. The van der Waals surface area contributed by atoms with E-state index >= 15 is 0 Å². The zero-order chi connectivity index (χ0) is 17.9. The van der Waals surface area contributed by atoms with Crippen molar-refractivity contribution in [3.8, 4) is 11.5 Å². The van der Waals surface area contributed by atoms with Crippen molar-refractivity contribution in [3.63, 3.8) is 0 Å². The van der Waals surface area contributed by atoms with Crippen LogP contribution < -0.4 is 9.47 Å². The Morgan fingerprint density at radius 3 is 2.52 bits per heavy atom. The van der Waals surface area contributed by atoms with Gasteiger partial charge in [-0.15, -0.1) is 0 Å². The SMILES string of the molecule is COc1ccc(CN2CC[C@@](O)(CN3CCCCC3)C2)c(Cl)c1OC. The molecular weight excluding hydrogens is 340 g/mol. The maximum atomic E-state index is 11.0. The van der Waals surface area contributed by atoms with E-state index in [9.17, 15) is 5.11 Å². The summed E-state index contributed by atoms with van der Waals surface area (Å²) in [5.41, 5.74) is 0.391. The Bertz CT molecular complexity index is 592. The van der Waals surface area contributed by atoms with Crippen LogP contribution in [0.4, 0.5) is 0 Å². The van der Waals surface area contributed by atoms with Gasteiger partial charge in [0.1, 0.15) is 0 Å². The zero-order valence-electron chi connectivity index (χ0n) is 15.3. The minimum absolute atomic E-state index is 0.574. The topological polar surface area (TPSA) is 45.2 Å². The van der Waals surface area contributed by atoms with Crippen LogP contribution in [0.1, 0.15) is 31.2 Å². The summed E-state index contributed by atoms with van der Waals surface area (Å²) >= 11 is 6.50. The van der Waals surface area contributed by atoms with Gasteiger partial charge in [-0.25, -0.2) is 0 Å². The quantitative estimate of drug-likeness (QED) is 0.836. The number of likely N-dealkylation sites (tertiary alicyclic amines) is 2. The molecule has 3 rings (SSSR count). The molecule has 2 aliphatic rings. The van der Waals surface area contributed by atoms with Crippen LogP contribution in [0.15, 0.2) is 12.1 Å². The molecule has 2 aliphatic heterocycles. The monoisotopic (exact) mass is 368 g/mol. The molecule has 1 aromatic carbocycles. The van der Waals surface area contributed by atoms with Crippen molar-refractivity contribution in [2.75, 3.05) is 46.9 Å². The number of benzene rings is 1. The van der Waals surface area contributed by atoms with Crippen LogP contribution in [0.3, 0.4) is 0 Å². The predicted octanol–water partition coefficient (Wildman–Crippen LogP) is 2.78. The van der Waals surface area contributed by atoms with Gasteiger partial charge < -0.3 is 19.5 Å². The molecule has 1 N–H and O–H groups in total. The fourth-order valence-electron chi connectivity index (χ4n) is 4.03. The second kappa shape index (κ2) is 8.12. The van der Waals surface area contributed by atoms with Crippen molar-refractivity contribution in [1.82, 2.24) is 9.80 Å². The number of aliphatic hydroxyl groups is 1. The fourth-order valence-corrected chi connectivity index (χ4v) is 4.32. The summed E-state index contributed by atoms with van der Waals surface area (Å²) in [6, 6.07) is 3.86. The van der Waals surface area contributed by atoms with E-state index in [2.05, 4.69) is 9.80 Å². The minimum atomic E-state index is -0.611. The Morgan fingerprint density at radius 1 is 1.08 bits per heavy atom. The second-order valence-electron chi connectivity index (χ2n) is 7.30. The molecule has 2 heterocycles. The van der Waals surface area contributed by atoms with Gasteiger partial charge in [0.25, 0.3) is 0 Å². The summed E-state index contributed by atoms with van der Waals surface area (Å²) in [7, 11) is 3.20. The van der Waals surface area contributed by atoms with Gasteiger partial charge in [0.05, 0.1) is 24.8 Å². The highest BCUT2D eigenvalue weighted by atomic mass is 35.5. The van der Waals surface area contributed by atoms with E-state index in [0.717, 1.165) is 38.2 Å². The third kappa shape index (κ3) is 4.40. The minimum Gasteiger partial charge on any atom is -0.493 e. The molecule has 0 aliphatic carbocycles. The summed E-state index contributed by atoms with van der Waals surface area (Å²) in [6.07, 6.45) is 4.63. The first kappa shape index (κ1) is 18.8. The number of β-amino-alcohol motifs (C(OH)–C–C–N with tert-alkyl or cyclic N) is 1. The number of hydrogen-bond donors (Lipinski definition) is 1. The van der Waals surface area contributed by atoms with E-state index in [-0.39, 0.29) is 0 Å². The highest BCUT2D eigenvalue weighted by Gasteiger charge is 2.37. The Labute approximate surface area is 155 Å². The molecular formula is C19H29ClN2O3. The number of ether oxygens (including phenoxy) is 2. The molecule has 0 radical (unpaired) electrons. The Balaban J connectivity index is 1.63. The highest BCUT2D eigenvalue weighted by Crippen LogP contribution is 2.38. The summed E-state index contributed by atoms with van der Waals surface area (Å²) < 4.78 is 10.7. The number of nitrogens with zero attached hydrogens (tertiary/aromatic N) is 2. The van der Waals surface area contributed by atoms with Crippen LogP contribution in [0.25, 0.3) is 0 Å². The van der Waals surface area contributed by atoms with Crippen molar-refractivity contribution in [3.05, 3.63) is 22.7 Å². The second-order valence-corrected chi connectivity index (χ2v) is 7.67. The highest BCUT2D eigenvalue weighted by molar-refractivity contribution is 6.33. The molecule has 0 bridgehead atoms. The van der Waals surface area contributed by atoms with Crippen molar-refractivity contribution >= 4 is 11.6 Å². The van der Waals surface area contributed by atoms with Crippen LogP contribution in [-0.4, -0.2) is 67.5 Å². The molecule has 0 unspecified atom stereocenters. The standard InChI is InChI=1S/C19H29ClN2O3/c1-24-16-7-6-15(17(20)18(16)25-2)12-22-11-8-19(23,14-22)13-21-9-4-3-5-10-21/h6-7,23H,3-5,8-14H2,1-2H3/t19-/m1/s1. The van der Waals surface area contributed by atoms with E-state index < -0.39 is 5.60 Å². The maximum Gasteiger partial charge on any atom is 0.179 e. The van der Waals surface area contributed by atoms with Crippen LogP contribution >= 0.6 is 11.6 Å². The van der Waals surface area contributed by atoms with E-state index in [1.165, 1.54) is 19.3 Å². The number of piperidine rings is 1. The van der Waals surface area contributed by atoms with E-state index in [1.54, 1.807) is 14.2 Å². The maximum absolute atomic E-state index is 11.0. The summed E-state index contributed by atoms with van der Waals surface area (Å²) in [6.45, 7) is 5.29.